The number of aryl methyl sites for hydroxylation is 1. The topological polar surface area (TPSA) is 78.4 Å². The molecule has 35 heavy (non-hydrogen) atoms. The fourth-order valence-electron chi connectivity index (χ4n) is 5.25. The van der Waals surface area contributed by atoms with Gasteiger partial charge >= 0.3 is 5.69 Å². The van der Waals surface area contributed by atoms with E-state index < -0.39 is 17.3 Å². The fraction of sp³-hybridized carbons (Fsp3) is 0.286. The Bertz CT molecular complexity index is 1590. The van der Waals surface area contributed by atoms with Gasteiger partial charge in [-0.05, 0) is 31.4 Å². The van der Waals surface area contributed by atoms with Crippen LogP contribution in [0.4, 0.5) is 0 Å². The van der Waals surface area contributed by atoms with Crippen molar-refractivity contribution in [1.29, 1.82) is 0 Å². The van der Waals surface area contributed by atoms with E-state index in [4.69, 9.17) is 4.74 Å². The Balaban J connectivity index is 1.98. The maximum absolute atomic E-state index is 13.6. The average Bonchev–Trinajstić information content (AvgIpc) is 3.22. The number of fused-ring (bicyclic) bond motifs is 3. The highest BCUT2D eigenvalue weighted by atomic mass is 16.5. The minimum absolute atomic E-state index is 0.133. The molecule has 0 spiro atoms. The molecule has 3 heterocycles. The molecule has 0 unspecified atom stereocenters. The van der Waals surface area contributed by atoms with Gasteiger partial charge < -0.3 is 14.4 Å². The number of rotatable bonds is 4. The lowest BCUT2D eigenvalue weighted by Gasteiger charge is -2.39. The zero-order chi connectivity index (χ0) is 25.1. The summed E-state index contributed by atoms with van der Waals surface area (Å²) in [5.41, 5.74) is 2.84. The normalized spacial score (nSPS) is 16.9. The molecular weight excluding hydrogens is 442 g/mol. The maximum atomic E-state index is 13.6. The van der Waals surface area contributed by atoms with Crippen molar-refractivity contribution < 1.29 is 9.84 Å². The van der Waals surface area contributed by atoms with Gasteiger partial charge in [-0.15, -0.1) is 6.58 Å². The highest BCUT2D eigenvalue weighted by Crippen LogP contribution is 2.47. The third-order valence-corrected chi connectivity index (χ3v) is 6.91. The third-order valence-electron chi connectivity index (χ3n) is 6.91. The van der Waals surface area contributed by atoms with Gasteiger partial charge in [0.15, 0.2) is 0 Å². The summed E-state index contributed by atoms with van der Waals surface area (Å²) in [6.07, 6.45) is 1.57. The molecule has 4 aromatic rings. The van der Waals surface area contributed by atoms with Crippen molar-refractivity contribution in [2.75, 3.05) is 6.61 Å². The second-order valence-corrected chi connectivity index (χ2v) is 9.72. The second-order valence-electron chi connectivity index (χ2n) is 9.72. The smallest absolute Gasteiger partial charge is 0.331 e. The van der Waals surface area contributed by atoms with E-state index in [1.807, 2.05) is 48.5 Å². The van der Waals surface area contributed by atoms with Crippen LogP contribution in [0.1, 0.15) is 36.8 Å². The van der Waals surface area contributed by atoms with Crippen molar-refractivity contribution in [1.82, 2.24) is 13.7 Å². The van der Waals surface area contributed by atoms with Crippen LogP contribution in [0.5, 0.6) is 5.75 Å². The molecule has 7 nitrogen and oxygen atoms in total. The van der Waals surface area contributed by atoms with Crippen LogP contribution in [-0.2, 0) is 30.8 Å². The fourth-order valence-corrected chi connectivity index (χ4v) is 5.25. The highest BCUT2D eigenvalue weighted by Gasteiger charge is 2.41. The molecule has 1 aliphatic rings. The lowest BCUT2D eigenvalue weighted by molar-refractivity contribution is -0.00802. The summed E-state index contributed by atoms with van der Waals surface area (Å²) in [5.74, 6) is 0.133. The number of allylic oxidation sites excluding steroid dienone is 1. The summed E-state index contributed by atoms with van der Waals surface area (Å²) < 4.78 is 11.2. The number of phenolic OH excluding ortho intramolecular Hbond substituents is 1. The minimum Gasteiger partial charge on any atom is -0.507 e. The quantitative estimate of drug-likeness (QED) is 0.457. The molecule has 1 aliphatic heterocycles. The Hall–Kier alpha value is -3.84. The number of hydrogen-bond donors (Lipinski definition) is 1. The molecule has 180 valence electrons. The van der Waals surface area contributed by atoms with E-state index in [9.17, 15) is 14.7 Å². The zero-order valence-electron chi connectivity index (χ0n) is 20.4. The monoisotopic (exact) mass is 471 g/mol. The molecule has 0 radical (unpaired) electrons. The number of phenols is 1. The van der Waals surface area contributed by atoms with Crippen LogP contribution in [0.25, 0.3) is 22.2 Å². The molecule has 0 bridgehead atoms. The Kier molecular flexibility index (Phi) is 5.33. The minimum atomic E-state index is -0.676. The van der Waals surface area contributed by atoms with E-state index in [1.54, 1.807) is 13.1 Å². The van der Waals surface area contributed by atoms with Crippen LogP contribution in [0.15, 0.2) is 70.8 Å². The van der Waals surface area contributed by atoms with Gasteiger partial charge in [-0.2, -0.15) is 0 Å². The summed E-state index contributed by atoms with van der Waals surface area (Å²) in [6, 6.07) is 15.3. The van der Waals surface area contributed by atoms with Crippen LogP contribution in [0.2, 0.25) is 0 Å². The molecule has 0 aliphatic carbocycles. The summed E-state index contributed by atoms with van der Waals surface area (Å²) in [6.45, 7) is 8.24. The number of benzene rings is 2. The first-order valence-corrected chi connectivity index (χ1v) is 11.6. The van der Waals surface area contributed by atoms with E-state index in [1.165, 1.54) is 11.6 Å². The number of ether oxygens (including phenoxy) is 1. The molecule has 0 fully saturated rings. The molecule has 2 aromatic carbocycles. The number of hydrogen-bond acceptors (Lipinski definition) is 4. The Morgan fingerprint density at radius 3 is 2.49 bits per heavy atom. The van der Waals surface area contributed by atoms with Crippen LogP contribution in [0, 0.1) is 0 Å². The first-order valence-electron chi connectivity index (χ1n) is 11.6. The maximum Gasteiger partial charge on any atom is 0.331 e. The molecular formula is C28H29N3O4. The van der Waals surface area contributed by atoms with Gasteiger partial charge in [0.05, 0.1) is 34.4 Å². The predicted molar refractivity (Wildman–Crippen MR) is 137 cm³/mol. The summed E-state index contributed by atoms with van der Waals surface area (Å²) >= 11 is 0. The third kappa shape index (κ3) is 3.30. The average molecular weight is 472 g/mol. The van der Waals surface area contributed by atoms with Crippen molar-refractivity contribution in [2.45, 2.75) is 31.9 Å². The van der Waals surface area contributed by atoms with Crippen molar-refractivity contribution in [3.63, 3.8) is 0 Å². The van der Waals surface area contributed by atoms with Gasteiger partial charge in [0.25, 0.3) is 5.56 Å². The number of para-hydroxylation sites is 1. The summed E-state index contributed by atoms with van der Waals surface area (Å²) in [5, 5.41) is 11.6. The molecule has 5 rings (SSSR count). The standard InChI is InChI=1S/C28H29N3O4/c1-6-11-18-14-10-15-19(24(18)32)25-23-22-20(26(33)30(5)27(34)29(22)4)21(17-12-8-7-9-13-17)31(23)28(2,3)16-35-25/h6-10,12-15,25,32H,1,11,16H2,2-5H3/t25-/m0/s1. The van der Waals surface area contributed by atoms with Gasteiger partial charge in [0.1, 0.15) is 11.9 Å². The van der Waals surface area contributed by atoms with Crippen LogP contribution >= 0.6 is 0 Å². The Morgan fingerprint density at radius 1 is 1.09 bits per heavy atom. The number of nitrogens with zero attached hydrogens (tertiary/aromatic N) is 3. The first-order chi connectivity index (χ1) is 16.7. The number of aromatic hydroxyl groups is 1. The summed E-state index contributed by atoms with van der Waals surface area (Å²) in [7, 11) is 3.17. The van der Waals surface area contributed by atoms with E-state index >= 15 is 0 Å². The van der Waals surface area contributed by atoms with Crippen molar-refractivity contribution in [2.24, 2.45) is 14.1 Å². The van der Waals surface area contributed by atoms with Crippen molar-refractivity contribution >= 4 is 10.9 Å². The molecule has 0 saturated carbocycles. The van der Waals surface area contributed by atoms with E-state index in [2.05, 4.69) is 25.0 Å². The Morgan fingerprint density at radius 2 is 1.80 bits per heavy atom. The first kappa shape index (κ1) is 22.9. The van der Waals surface area contributed by atoms with Gasteiger partial charge in [-0.1, -0.05) is 54.6 Å². The number of aromatic nitrogens is 3. The molecule has 1 atom stereocenters. The van der Waals surface area contributed by atoms with Crippen molar-refractivity contribution in [3.05, 3.63) is 98.8 Å². The van der Waals surface area contributed by atoms with Crippen LogP contribution in [0.3, 0.4) is 0 Å². The SMILES string of the molecule is C=CCc1cccc([C@@H]2OCC(C)(C)n3c(-c4ccccc4)c4c(=O)n(C)c(=O)n(C)c4c32)c1O. The van der Waals surface area contributed by atoms with Gasteiger partial charge in [0.2, 0.25) is 0 Å². The van der Waals surface area contributed by atoms with Gasteiger partial charge in [0, 0.05) is 19.7 Å². The van der Waals surface area contributed by atoms with Crippen molar-refractivity contribution in [3.8, 4) is 17.0 Å². The zero-order valence-corrected chi connectivity index (χ0v) is 20.4. The van der Waals surface area contributed by atoms with E-state index in [0.29, 0.717) is 35.2 Å². The van der Waals surface area contributed by atoms with E-state index in [0.717, 1.165) is 21.4 Å². The van der Waals surface area contributed by atoms with E-state index in [-0.39, 0.29) is 11.3 Å². The lowest BCUT2D eigenvalue weighted by Crippen LogP contribution is -2.40. The lowest BCUT2D eigenvalue weighted by atomic mass is 9.95. The van der Waals surface area contributed by atoms with Gasteiger partial charge in [-0.25, -0.2) is 4.79 Å². The van der Waals surface area contributed by atoms with Crippen LogP contribution in [-0.4, -0.2) is 25.4 Å². The van der Waals surface area contributed by atoms with Gasteiger partial charge in [-0.3, -0.25) is 13.9 Å². The summed E-state index contributed by atoms with van der Waals surface area (Å²) in [4.78, 5) is 26.7. The highest BCUT2D eigenvalue weighted by molar-refractivity contribution is 5.96. The van der Waals surface area contributed by atoms with Crippen LogP contribution < -0.4 is 11.2 Å². The molecule has 0 amide bonds. The largest absolute Gasteiger partial charge is 0.507 e. The Labute approximate surface area is 203 Å². The second kappa shape index (κ2) is 8.13. The molecule has 0 saturated heterocycles. The molecule has 2 aromatic heterocycles. The molecule has 1 N–H and O–H groups in total. The predicted octanol–water partition coefficient (Wildman–Crippen LogP) is 3.99. The molecule has 7 heteroatoms.